The van der Waals surface area contributed by atoms with E-state index in [2.05, 4.69) is 30.7 Å². The van der Waals surface area contributed by atoms with Gasteiger partial charge in [-0.05, 0) is 18.4 Å². The van der Waals surface area contributed by atoms with Crippen LogP contribution >= 0.6 is 11.3 Å². The third-order valence-electron chi connectivity index (χ3n) is 2.74. The Bertz CT molecular complexity index is 559. The molecular formula is C14H19N3OS. The zero-order chi connectivity index (χ0) is 14.0. The van der Waals surface area contributed by atoms with Gasteiger partial charge in [0.25, 0.3) is 0 Å². The highest BCUT2D eigenvalue weighted by molar-refractivity contribution is 7.09. The van der Waals surface area contributed by atoms with Gasteiger partial charge in [-0.2, -0.15) is 4.98 Å². The summed E-state index contributed by atoms with van der Waals surface area (Å²) in [4.78, 5) is 10.00. The molecule has 0 aliphatic carbocycles. The molecule has 0 radical (unpaired) electrons. The summed E-state index contributed by atoms with van der Waals surface area (Å²) in [6.45, 7) is 8.56. The summed E-state index contributed by atoms with van der Waals surface area (Å²) in [6, 6.07) is 4.04. The smallest absolute Gasteiger partial charge is 0.222 e. The number of ether oxygens (including phenoxy) is 1. The van der Waals surface area contributed by atoms with E-state index in [1.807, 2.05) is 24.4 Å². The summed E-state index contributed by atoms with van der Waals surface area (Å²) < 4.78 is 5.78. The predicted octanol–water partition coefficient (Wildman–Crippen LogP) is 3.31. The summed E-state index contributed by atoms with van der Waals surface area (Å²) in [6.07, 6.45) is 0. The van der Waals surface area contributed by atoms with E-state index in [1.165, 1.54) is 0 Å². The SMILES string of the molecule is Cc1c(N)nc(C(C)(C)C)nc1OCc1cccs1. The minimum absolute atomic E-state index is 0.150. The number of nitrogen functional groups attached to an aromatic ring is 1. The Labute approximate surface area is 117 Å². The Kier molecular flexibility index (Phi) is 3.75. The fourth-order valence-corrected chi connectivity index (χ4v) is 2.14. The molecule has 19 heavy (non-hydrogen) atoms. The standard InChI is InChI=1S/C14H19N3OS/c1-9-11(15)16-13(14(2,3)4)17-12(9)18-8-10-6-5-7-19-10/h5-7H,8H2,1-4H3,(H2,15,16,17). The van der Waals surface area contributed by atoms with E-state index in [-0.39, 0.29) is 5.41 Å². The lowest BCUT2D eigenvalue weighted by atomic mass is 9.95. The molecule has 5 heteroatoms. The molecule has 0 aliphatic heterocycles. The number of nitrogens with two attached hydrogens (primary N) is 1. The van der Waals surface area contributed by atoms with Crippen molar-refractivity contribution < 1.29 is 4.74 Å². The van der Waals surface area contributed by atoms with Gasteiger partial charge in [0.15, 0.2) is 0 Å². The maximum absolute atomic E-state index is 5.94. The zero-order valence-corrected chi connectivity index (χ0v) is 12.5. The van der Waals surface area contributed by atoms with Gasteiger partial charge in [0.05, 0.1) is 5.56 Å². The molecule has 0 aliphatic rings. The first-order valence-corrected chi connectivity index (χ1v) is 7.05. The van der Waals surface area contributed by atoms with Gasteiger partial charge in [0, 0.05) is 10.3 Å². The van der Waals surface area contributed by atoms with Crippen LogP contribution in [0.4, 0.5) is 5.82 Å². The van der Waals surface area contributed by atoms with Crippen LogP contribution in [0.15, 0.2) is 17.5 Å². The molecule has 2 rings (SSSR count). The number of hydrogen-bond donors (Lipinski definition) is 1. The molecule has 0 saturated carbocycles. The molecule has 0 spiro atoms. The van der Waals surface area contributed by atoms with Gasteiger partial charge in [0.2, 0.25) is 5.88 Å². The quantitative estimate of drug-likeness (QED) is 0.935. The Balaban J connectivity index is 2.26. The summed E-state index contributed by atoms with van der Waals surface area (Å²) in [7, 11) is 0. The lowest BCUT2D eigenvalue weighted by molar-refractivity contribution is 0.291. The number of rotatable bonds is 3. The molecule has 0 aromatic carbocycles. The maximum Gasteiger partial charge on any atom is 0.222 e. The van der Waals surface area contributed by atoms with Crippen molar-refractivity contribution in [3.63, 3.8) is 0 Å². The second kappa shape index (κ2) is 5.17. The maximum atomic E-state index is 5.94. The van der Waals surface area contributed by atoms with Gasteiger partial charge in [-0.1, -0.05) is 26.8 Å². The Hall–Kier alpha value is -1.62. The summed E-state index contributed by atoms with van der Waals surface area (Å²) >= 11 is 1.66. The summed E-state index contributed by atoms with van der Waals surface area (Å²) in [5.41, 5.74) is 6.58. The first-order chi connectivity index (χ1) is 8.88. The van der Waals surface area contributed by atoms with Crippen LogP contribution in [0.2, 0.25) is 0 Å². The number of aromatic nitrogens is 2. The van der Waals surface area contributed by atoms with E-state index >= 15 is 0 Å². The summed E-state index contributed by atoms with van der Waals surface area (Å²) in [5, 5.41) is 2.03. The van der Waals surface area contributed by atoms with Crippen molar-refractivity contribution in [2.75, 3.05) is 5.73 Å². The molecule has 4 nitrogen and oxygen atoms in total. The van der Waals surface area contributed by atoms with Gasteiger partial charge in [-0.15, -0.1) is 11.3 Å². The van der Waals surface area contributed by atoms with Gasteiger partial charge in [-0.3, -0.25) is 0 Å². The molecule has 2 N–H and O–H groups in total. The Morgan fingerprint density at radius 2 is 2.05 bits per heavy atom. The van der Waals surface area contributed by atoms with Crippen molar-refractivity contribution in [3.05, 3.63) is 33.8 Å². The van der Waals surface area contributed by atoms with Crippen LogP contribution in [0, 0.1) is 6.92 Å². The van der Waals surface area contributed by atoms with Crippen LogP contribution in [0.1, 0.15) is 37.0 Å². The van der Waals surface area contributed by atoms with Crippen molar-refractivity contribution >= 4 is 17.2 Å². The molecule has 0 bridgehead atoms. The minimum atomic E-state index is -0.150. The zero-order valence-electron chi connectivity index (χ0n) is 11.7. The molecule has 0 saturated heterocycles. The molecule has 0 atom stereocenters. The largest absolute Gasteiger partial charge is 0.472 e. The number of thiophene rings is 1. The van der Waals surface area contributed by atoms with Crippen LogP contribution in [-0.2, 0) is 12.0 Å². The van der Waals surface area contributed by atoms with Crippen molar-refractivity contribution in [2.45, 2.75) is 39.7 Å². The van der Waals surface area contributed by atoms with Gasteiger partial charge >= 0.3 is 0 Å². The van der Waals surface area contributed by atoms with E-state index in [0.29, 0.717) is 24.1 Å². The molecule has 0 amide bonds. The highest BCUT2D eigenvalue weighted by Crippen LogP contribution is 2.26. The highest BCUT2D eigenvalue weighted by Gasteiger charge is 2.21. The molecule has 0 fully saturated rings. The highest BCUT2D eigenvalue weighted by atomic mass is 32.1. The lowest BCUT2D eigenvalue weighted by Gasteiger charge is -2.19. The van der Waals surface area contributed by atoms with Gasteiger partial charge in [-0.25, -0.2) is 4.98 Å². The van der Waals surface area contributed by atoms with Crippen molar-refractivity contribution in [1.82, 2.24) is 9.97 Å². The van der Waals surface area contributed by atoms with Crippen LogP contribution in [0.25, 0.3) is 0 Å². The second-order valence-electron chi connectivity index (χ2n) is 5.48. The van der Waals surface area contributed by atoms with Crippen molar-refractivity contribution in [2.24, 2.45) is 0 Å². The fraction of sp³-hybridized carbons (Fsp3) is 0.429. The molecule has 2 aromatic heterocycles. The average molecular weight is 277 g/mol. The third-order valence-corrected chi connectivity index (χ3v) is 3.59. The van der Waals surface area contributed by atoms with Crippen LogP contribution < -0.4 is 10.5 Å². The Morgan fingerprint density at radius 1 is 1.32 bits per heavy atom. The van der Waals surface area contributed by atoms with Crippen molar-refractivity contribution in [1.29, 1.82) is 0 Å². The first-order valence-electron chi connectivity index (χ1n) is 6.17. The van der Waals surface area contributed by atoms with Crippen molar-refractivity contribution in [3.8, 4) is 5.88 Å². The second-order valence-corrected chi connectivity index (χ2v) is 6.51. The predicted molar refractivity (Wildman–Crippen MR) is 78.5 cm³/mol. The molecule has 102 valence electrons. The van der Waals surface area contributed by atoms with E-state index in [0.717, 1.165) is 10.4 Å². The van der Waals surface area contributed by atoms with E-state index < -0.39 is 0 Å². The van der Waals surface area contributed by atoms with Crippen LogP contribution in [0.5, 0.6) is 5.88 Å². The Morgan fingerprint density at radius 3 is 2.63 bits per heavy atom. The molecule has 2 aromatic rings. The average Bonchev–Trinajstić information content (AvgIpc) is 2.82. The van der Waals surface area contributed by atoms with Gasteiger partial charge in [0.1, 0.15) is 18.2 Å². The molecular weight excluding hydrogens is 258 g/mol. The van der Waals surface area contributed by atoms with Gasteiger partial charge < -0.3 is 10.5 Å². The normalized spacial score (nSPS) is 11.6. The third kappa shape index (κ3) is 3.23. The summed E-state index contributed by atoms with van der Waals surface area (Å²) in [5.74, 6) is 1.77. The topological polar surface area (TPSA) is 61.0 Å². The van der Waals surface area contributed by atoms with Crippen LogP contribution in [-0.4, -0.2) is 9.97 Å². The van der Waals surface area contributed by atoms with Crippen LogP contribution in [0.3, 0.4) is 0 Å². The van der Waals surface area contributed by atoms with E-state index in [4.69, 9.17) is 10.5 Å². The fourth-order valence-electron chi connectivity index (χ4n) is 1.52. The number of anilines is 1. The molecule has 0 unspecified atom stereocenters. The monoisotopic (exact) mass is 277 g/mol. The minimum Gasteiger partial charge on any atom is -0.472 e. The lowest BCUT2D eigenvalue weighted by Crippen LogP contribution is -2.18. The van der Waals surface area contributed by atoms with E-state index in [9.17, 15) is 0 Å². The molecule has 2 heterocycles. The van der Waals surface area contributed by atoms with E-state index in [1.54, 1.807) is 11.3 Å². The first kappa shape index (κ1) is 13.8. The number of nitrogens with zero attached hydrogens (tertiary/aromatic N) is 2. The number of hydrogen-bond acceptors (Lipinski definition) is 5.